The van der Waals surface area contributed by atoms with E-state index in [1.54, 1.807) is 48.5 Å². The van der Waals surface area contributed by atoms with Crippen LogP contribution in [0.4, 0.5) is 65.5 Å². The molecule has 3 aliphatic heterocycles. The van der Waals surface area contributed by atoms with Gasteiger partial charge in [-0.2, -0.15) is 45.2 Å². The normalized spacial score (nSPS) is 18.5. The summed E-state index contributed by atoms with van der Waals surface area (Å²) in [6.45, 7) is 16.7. The zero-order valence-electron chi connectivity index (χ0n) is 55.8. The van der Waals surface area contributed by atoms with E-state index in [0.717, 1.165) is 57.9 Å². The third kappa shape index (κ3) is 13.1. The standard InChI is InChI=1S/C70H73ClF3N23O3/c1-8-9-43-26-57(90-89-43)80-56-30-62(88-70(85-56)100-53-17-14-49-46(67(53)74)24-37(4)78-49)95-34-63(75-31-40(95)7)97-50(41-10-11-41)27-59(92-97)82-55-29-61(87-68(83-55)98-51-15-12-47-44(65(51)71)22-35(2)76-47)94-32-38(5)79-64(33-94)96-39(6)25-58(91-96)81-54-28-60(93-20-18-42(72)19-21-93)86-69(84-54)99-52-16-13-48-45(66(52)73)23-36(3)77-48/h8-9,12-17,22-30,38,40-42,63-64,75-79H,10-11,18-21,31-34H2,1-7H3,(H,81,84,86,91)(H,82,83,87,92)(H2,80,85,88,89,90)/b9-8+. The van der Waals surface area contributed by atoms with E-state index >= 15 is 8.78 Å². The Morgan fingerprint density at radius 3 is 1.72 bits per heavy atom. The van der Waals surface area contributed by atoms with Gasteiger partial charge in [0.2, 0.25) is 0 Å². The van der Waals surface area contributed by atoms with Gasteiger partial charge in [-0.3, -0.25) is 15.7 Å². The Kier molecular flexibility index (Phi) is 16.6. The van der Waals surface area contributed by atoms with E-state index in [1.807, 2.05) is 92.8 Å². The van der Waals surface area contributed by atoms with Gasteiger partial charge in [0.05, 0.1) is 23.8 Å². The van der Waals surface area contributed by atoms with Crippen LogP contribution in [-0.4, -0.2) is 132 Å². The molecule has 1 aliphatic carbocycles. The first kappa shape index (κ1) is 63.8. The van der Waals surface area contributed by atoms with Crippen LogP contribution in [0.2, 0.25) is 5.02 Å². The molecule has 0 radical (unpaired) electrons. The summed E-state index contributed by atoms with van der Waals surface area (Å²) in [5.74, 6) is 3.87. The molecule has 12 aromatic rings. The van der Waals surface area contributed by atoms with E-state index in [9.17, 15) is 4.39 Å². The Hall–Kier alpha value is -10.9. The SMILES string of the molecule is C/C=C/c1cc(Nc2cc(N3CC(n4nc(Nc5cc(N6CC(C)NC(n7nc(Nc8cc(N9CCC(F)CC9)nc(Oc9ccc%10[nH]c(C)cc%10c9F)n8)cc7C)C6)nc(Oc6ccc7[nH]c(C)cc7c6Cl)n5)cc4C4CC4)NCC3C)nc(Oc3ccc4[nH]c(C)cc4c3F)n2)n[nH]1. The van der Waals surface area contributed by atoms with Gasteiger partial charge in [-0.05, 0) is 135 Å². The van der Waals surface area contributed by atoms with E-state index in [1.165, 1.54) is 0 Å². The van der Waals surface area contributed by atoms with Crippen LogP contribution in [0.3, 0.4) is 0 Å². The number of nitrogens with one attached hydrogen (secondary N) is 9. The highest BCUT2D eigenvalue weighted by Gasteiger charge is 2.36. The number of nitrogens with zero attached hydrogens (tertiary/aromatic N) is 14. The summed E-state index contributed by atoms with van der Waals surface area (Å²) in [4.78, 5) is 45.2. The number of H-pyrrole nitrogens is 4. The summed E-state index contributed by atoms with van der Waals surface area (Å²) < 4.78 is 69.4. The van der Waals surface area contributed by atoms with E-state index in [4.69, 9.17) is 65.9 Å². The van der Waals surface area contributed by atoms with Crippen LogP contribution >= 0.6 is 11.6 Å². The lowest BCUT2D eigenvalue weighted by Gasteiger charge is -2.40. The molecule has 0 bridgehead atoms. The fraction of sp³-hybridized carbons (Fsp3) is 0.329. The van der Waals surface area contributed by atoms with Crippen molar-refractivity contribution in [3.05, 3.63) is 148 Å². The van der Waals surface area contributed by atoms with Crippen LogP contribution in [0.25, 0.3) is 38.8 Å². The number of fused-ring (bicyclic) bond motifs is 3. The average Bonchev–Trinajstić information content (AvgIpc) is 1.51. The Balaban J connectivity index is 0.688. The number of anilines is 9. The number of alkyl halides is 1. The van der Waals surface area contributed by atoms with E-state index in [2.05, 4.69) is 86.1 Å². The molecule has 4 unspecified atom stereocenters. The van der Waals surface area contributed by atoms with Crippen LogP contribution in [0.5, 0.6) is 35.3 Å². The number of benzene rings is 3. The van der Waals surface area contributed by atoms with Crippen LogP contribution in [0.1, 0.15) is 98.9 Å². The van der Waals surface area contributed by atoms with Crippen molar-refractivity contribution < 1.29 is 27.4 Å². The minimum Gasteiger partial charge on any atom is -0.423 e. The summed E-state index contributed by atoms with van der Waals surface area (Å²) in [6.07, 6.45) is 4.90. The monoisotopic (exact) mass is 1380 g/mol. The molecule has 100 heavy (non-hydrogen) atoms. The minimum atomic E-state index is -0.908. The van der Waals surface area contributed by atoms with Crippen molar-refractivity contribution in [2.75, 3.05) is 69.9 Å². The van der Waals surface area contributed by atoms with Crippen molar-refractivity contribution in [1.29, 1.82) is 0 Å². The molecule has 16 rings (SSSR count). The molecule has 4 fully saturated rings. The first-order valence-corrected chi connectivity index (χ1v) is 33.9. The van der Waals surface area contributed by atoms with Gasteiger partial charge < -0.3 is 59.8 Å². The van der Waals surface area contributed by atoms with Crippen LogP contribution < -0.4 is 55.5 Å². The maximum Gasteiger partial charge on any atom is 0.326 e. The number of aromatic amines is 4. The van der Waals surface area contributed by atoms with Crippen molar-refractivity contribution in [1.82, 2.24) is 85.2 Å². The second-order valence-corrected chi connectivity index (χ2v) is 26.7. The van der Waals surface area contributed by atoms with E-state index in [-0.39, 0.29) is 59.9 Å². The number of rotatable bonds is 19. The maximum absolute atomic E-state index is 16.1. The van der Waals surface area contributed by atoms with Gasteiger partial charge >= 0.3 is 18.0 Å². The number of piperazine rings is 2. The van der Waals surface area contributed by atoms with Gasteiger partial charge in [0.15, 0.2) is 40.6 Å². The Morgan fingerprint density at radius 2 is 1.10 bits per heavy atom. The van der Waals surface area contributed by atoms with Crippen LogP contribution in [-0.2, 0) is 0 Å². The number of ether oxygens (including phenoxy) is 3. The second kappa shape index (κ2) is 26.1. The second-order valence-electron chi connectivity index (χ2n) is 26.3. The number of piperidine rings is 1. The molecule has 12 heterocycles. The third-order valence-corrected chi connectivity index (χ3v) is 18.8. The Labute approximate surface area is 576 Å². The molecule has 4 aliphatic rings. The molecule has 30 heteroatoms. The molecule has 4 atom stereocenters. The van der Waals surface area contributed by atoms with Gasteiger partial charge in [0, 0.05) is 142 Å². The molecular formula is C70H73ClF3N23O3. The molecule has 1 saturated carbocycles. The number of hydrogen-bond donors (Lipinski definition) is 9. The number of aryl methyl sites for hydroxylation is 4. The summed E-state index contributed by atoms with van der Waals surface area (Å²) in [6, 6.07) is 26.9. The van der Waals surface area contributed by atoms with Gasteiger partial charge in [0.25, 0.3) is 0 Å². The fourth-order valence-corrected chi connectivity index (χ4v) is 13.8. The van der Waals surface area contributed by atoms with E-state index in [0.29, 0.717) is 137 Å². The van der Waals surface area contributed by atoms with Gasteiger partial charge in [-0.15, -0.1) is 0 Å². The number of halogens is 4. The molecule has 0 spiro atoms. The Morgan fingerprint density at radius 1 is 0.560 bits per heavy atom. The summed E-state index contributed by atoms with van der Waals surface area (Å²) >= 11 is 7.10. The van der Waals surface area contributed by atoms with Gasteiger partial charge in [0.1, 0.15) is 59.2 Å². The molecule has 3 aromatic carbocycles. The molecule has 514 valence electrons. The first-order chi connectivity index (χ1) is 48.4. The lowest BCUT2D eigenvalue weighted by atomic mass is 10.1. The highest BCUT2D eigenvalue weighted by molar-refractivity contribution is 6.37. The summed E-state index contributed by atoms with van der Waals surface area (Å²) in [7, 11) is 0. The lowest BCUT2D eigenvalue weighted by Crippen LogP contribution is -2.54. The van der Waals surface area contributed by atoms with Crippen molar-refractivity contribution in [3.8, 4) is 35.3 Å². The summed E-state index contributed by atoms with van der Waals surface area (Å²) in [5.41, 5.74) is 7.42. The predicted molar refractivity (Wildman–Crippen MR) is 379 cm³/mol. The average molecular weight is 1380 g/mol. The van der Waals surface area contributed by atoms with E-state index < -0.39 is 17.8 Å². The first-order valence-electron chi connectivity index (χ1n) is 33.5. The lowest BCUT2D eigenvalue weighted by molar-refractivity contribution is 0.276. The molecule has 3 saturated heterocycles. The van der Waals surface area contributed by atoms with Crippen molar-refractivity contribution in [3.63, 3.8) is 0 Å². The smallest absolute Gasteiger partial charge is 0.326 e. The highest BCUT2D eigenvalue weighted by Crippen LogP contribution is 2.44. The molecule has 26 nitrogen and oxygen atoms in total. The van der Waals surface area contributed by atoms with Gasteiger partial charge in [-0.1, -0.05) is 17.7 Å². The Bertz CT molecular complexity index is 5110. The number of hydrogen-bond acceptors (Lipinski definition) is 20. The largest absolute Gasteiger partial charge is 0.423 e. The highest BCUT2D eigenvalue weighted by atomic mass is 35.5. The topological polar surface area (TPSA) is 287 Å². The minimum absolute atomic E-state index is 0.0162. The number of allylic oxidation sites excluding steroid dienone is 1. The number of aromatic nitrogens is 15. The molecule has 9 aromatic heterocycles. The summed E-state index contributed by atoms with van der Waals surface area (Å²) in [5, 5.41) is 37.6. The van der Waals surface area contributed by atoms with Crippen molar-refractivity contribution >= 4 is 103 Å². The van der Waals surface area contributed by atoms with Crippen molar-refractivity contribution in [2.45, 2.75) is 111 Å². The zero-order chi connectivity index (χ0) is 68.6. The van der Waals surface area contributed by atoms with Crippen LogP contribution in [0.15, 0.2) is 97.1 Å². The molecular weight excluding hydrogens is 1300 g/mol. The predicted octanol–water partition coefficient (Wildman–Crippen LogP) is 14.2. The van der Waals surface area contributed by atoms with Gasteiger partial charge in [-0.25, -0.2) is 22.5 Å². The zero-order valence-corrected chi connectivity index (χ0v) is 56.6. The van der Waals surface area contributed by atoms with Crippen molar-refractivity contribution in [2.24, 2.45) is 0 Å². The van der Waals surface area contributed by atoms with Crippen LogP contribution in [0, 0.1) is 39.3 Å². The quantitative estimate of drug-likeness (QED) is 0.0364. The maximum atomic E-state index is 16.1. The molecule has 0 amide bonds. The fourth-order valence-electron chi connectivity index (χ4n) is 13.6. The molecule has 9 N–H and O–H groups in total. The third-order valence-electron chi connectivity index (χ3n) is 18.5.